The van der Waals surface area contributed by atoms with Crippen molar-refractivity contribution in [3.8, 4) is 0 Å². The van der Waals surface area contributed by atoms with E-state index in [1.165, 1.54) is 0 Å². The van der Waals surface area contributed by atoms with Crippen LogP contribution in [0, 0.1) is 6.92 Å². The van der Waals surface area contributed by atoms with Crippen LogP contribution >= 0.6 is 11.6 Å². The molecule has 0 aromatic carbocycles. The first-order valence-electron chi connectivity index (χ1n) is 6.99. The first-order chi connectivity index (χ1) is 9.95. The topological polar surface area (TPSA) is 76.1 Å². The standard InChI is InChI=1S/C14H23ClN4O2/c1-9(2)13-18-12(15)10(3)14(19-13)17-6-5-11(20)16-7-8-21-4/h9H,5-8H2,1-4H3,(H,16,20)(H,17,18,19). The second-order valence-corrected chi connectivity index (χ2v) is 5.38. The molecule has 1 heterocycles. The molecule has 0 bridgehead atoms. The zero-order valence-corrected chi connectivity index (χ0v) is 13.8. The SMILES string of the molecule is COCCNC(=O)CCNc1nc(C(C)C)nc(Cl)c1C. The molecule has 0 aliphatic rings. The van der Waals surface area contributed by atoms with Gasteiger partial charge < -0.3 is 15.4 Å². The van der Waals surface area contributed by atoms with Crippen molar-refractivity contribution >= 4 is 23.3 Å². The Bertz CT molecular complexity index is 480. The van der Waals surface area contributed by atoms with Crippen molar-refractivity contribution in [2.45, 2.75) is 33.1 Å². The molecule has 1 amide bonds. The van der Waals surface area contributed by atoms with Crippen molar-refractivity contribution < 1.29 is 9.53 Å². The number of amides is 1. The lowest BCUT2D eigenvalue weighted by molar-refractivity contribution is -0.121. The number of halogens is 1. The number of nitrogens with zero attached hydrogens (tertiary/aromatic N) is 2. The van der Waals surface area contributed by atoms with Gasteiger partial charge in [0.15, 0.2) is 0 Å². The zero-order valence-electron chi connectivity index (χ0n) is 13.0. The Morgan fingerprint density at radius 1 is 1.33 bits per heavy atom. The van der Waals surface area contributed by atoms with Crippen LogP contribution in [-0.2, 0) is 9.53 Å². The van der Waals surface area contributed by atoms with Gasteiger partial charge in [0.2, 0.25) is 5.91 Å². The summed E-state index contributed by atoms with van der Waals surface area (Å²) in [7, 11) is 1.60. The summed E-state index contributed by atoms with van der Waals surface area (Å²) in [5, 5.41) is 6.35. The zero-order chi connectivity index (χ0) is 15.8. The highest BCUT2D eigenvalue weighted by Crippen LogP contribution is 2.22. The van der Waals surface area contributed by atoms with Crippen molar-refractivity contribution in [3.05, 3.63) is 16.5 Å². The highest BCUT2D eigenvalue weighted by atomic mass is 35.5. The summed E-state index contributed by atoms with van der Waals surface area (Å²) in [5.74, 6) is 1.54. The largest absolute Gasteiger partial charge is 0.383 e. The van der Waals surface area contributed by atoms with E-state index in [-0.39, 0.29) is 11.8 Å². The van der Waals surface area contributed by atoms with Crippen molar-refractivity contribution in [1.82, 2.24) is 15.3 Å². The molecule has 7 heteroatoms. The second kappa shape index (κ2) is 8.79. The van der Waals surface area contributed by atoms with Crippen LogP contribution in [0.1, 0.15) is 37.6 Å². The van der Waals surface area contributed by atoms with Crippen LogP contribution in [0.2, 0.25) is 5.15 Å². The summed E-state index contributed by atoms with van der Waals surface area (Å²) in [4.78, 5) is 20.3. The Morgan fingerprint density at radius 3 is 2.67 bits per heavy atom. The van der Waals surface area contributed by atoms with Gasteiger partial charge in [-0.3, -0.25) is 4.79 Å². The average molecular weight is 315 g/mol. The molecule has 0 radical (unpaired) electrons. The van der Waals surface area contributed by atoms with E-state index >= 15 is 0 Å². The quantitative estimate of drug-likeness (QED) is 0.568. The average Bonchev–Trinajstić information content (AvgIpc) is 2.43. The number of carbonyl (C=O) groups excluding carboxylic acids is 1. The van der Waals surface area contributed by atoms with Crippen LogP contribution in [0.25, 0.3) is 0 Å². The van der Waals surface area contributed by atoms with E-state index in [0.717, 1.165) is 5.56 Å². The molecule has 0 fully saturated rings. The van der Waals surface area contributed by atoms with E-state index in [0.29, 0.717) is 42.9 Å². The maximum atomic E-state index is 11.6. The molecular weight excluding hydrogens is 292 g/mol. The molecule has 1 aromatic rings. The van der Waals surface area contributed by atoms with Gasteiger partial charge in [0.05, 0.1) is 6.61 Å². The first kappa shape index (κ1) is 17.7. The van der Waals surface area contributed by atoms with Gasteiger partial charge in [0.25, 0.3) is 0 Å². The van der Waals surface area contributed by atoms with E-state index in [2.05, 4.69) is 20.6 Å². The van der Waals surface area contributed by atoms with Gasteiger partial charge in [-0.05, 0) is 6.92 Å². The number of ether oxygens (including phenoxy) is 1. The van der Waals surface area contributed by atoms with Crippen molar-refractivity contribution in [1.29, 1.82) is 0 Å². The van der Waals surface area contributed by atoms with Gasteiger partial charge in [-0.15, -0.1) is 0 Å². The second-order valence-electron chi connectivity index (χ2n) is 5.02. The third kappa shape index (κ3) is 5.85. The number of carbonyl (C=O) groups is 1. The lowest BCUT2D eigenvalue weighted by atomic mass is 10.2. The molecule has 0 aliphatic carbocycles. The molecular formula is C14H23ClN4O2. The maximum Gasteiger partial charge on any atom is 0.221 e. The van der Waals surface area contributed by atoms with E-state index in [9.17, 15) is 4.79 Å². The molecule has 2 N–H and O–H groups in total. The van der Waals surface area contributed by atoms with Gasteiger partial charge in [-0.2, -0.15) is 0 Å². The fourth-order valence-corrected chi connectivity index (χ4v) is 1.79. The normalized spacial score (nSPS) is 10.8. The summed E-state index contributed by atoms with van der Waals surface area (Å²) in [6.45, 7) is 7.39. The fourth-order valence-electron chi connectivity index (χ4n) is 1.61. The molecule has 0 saturated heterocycles. The minimum Gasteiger partial charge on any atom is -0.383 e. The van der Waals surface area contributed by atoms with Crippen molar-refractivity contribution in [2.75, 3.05) is 32.1 Å². The summed E-state index contributed by atoms with van der Waals surface area (Å²) >= 11 is 6.10. The molecule has 6 nitrogen and oxygen atoms in total. The smallest absolute Gasteiger partial charge is 0.221 e. The van der Waals surface area contributed by atoms with Crippen LogP contribution in [0.4, 0.5) is 5.82 Å². The van der Waals surface area contributed by atoms with Gasteiger partial charge in [-0.25, -0.2) is 9.97 Å². The Labute approximate surface area is 130 Å². The minimum atomic E-state index is -0.0264. The summed E-state index contributed by atoms with van der Waals surface area (Å²) in [6, 6.07) is 0. The molecule has 0 saturated carbocycles. The molecule has 0 atom stereocenters. The Kier molecular flexibility index (Phi) is 7.39. The number of nitrogens with one attached hydrogen (secondary N) is 2. The number of anilines is 1. The Balaban J connectivity index is 2.53. The van der Waals surface area contributed by atoms with Crippen molar-refractivity contribution in [3.63, 3.8) is 0 Å². The highest BCUT2D eigenvalue weighted by Gasteiger charge is 2.11. The summed E-state index contributed by atoms with van der Waals surface area (Å²) in [6.07, 6.45) is 0.363. The van der Waals surface area contributed by atoms with Gasteiger partial charge in [-0.1, -0.05) is 25.4 Å². The third-order valence-electron chi connectivity index (χ3n) is 2.89. The molecule has 21 heavy (non-hydrogen) atoms. The lowest BCUT2D eigenvalue weighted by Crippen LogP contribution is -2.28. The van der Waals surface area contributed by atoms with Crippen LogP contribution in [0.5, 0.6) is 0 Å². The number of hydrogen-bond donors (Lipinski definition) is 2. The van der Waals surface area contributed by atoms with E-state index in [4.69, 9.17) is 16.3 Å². The Morgan fingerprint density at radius 2 is 2.05 bits per heavy atom. The van der Waals surface area contributed by atoms with E-state index in [1.54, 1.807) is 7.11 Å². The molecule has 0 unspecified atom stereocenters. The minimum absolute atomic E-state index is 0.0264. The Hall–Kier alpha value is -1.40. The van der Waals surface area contributed by atoms with Gasteiger partial charge in [0, 0.05) is 38.1 Å². The predicted octanol–water partition coefficient (Wildman–Crippen LogP) is 2.13. The number of methoxy groups -OCH3 is 1. The predicted molar refractivity (Wildman–Crippen MR) is 83.9 cm³/mol. The van der Waals surface area contributed by atoms with E-state index < -0.39 is 0 Å². The number of hydrogen-bond acceptors (Lipinski definition) is 5. The van der Waals surface area contributed by atoms with Crippen LogP contribution in [0.15, 0.2) is 0 Å². The monoisotopic (exact) mass is 314 g/mol. The van der Waals surface area contributed by atoms with E-state index in [1.807, 2.05) is 20.8 Å². The molecule has 1 rings (SSSR count). The number of rotatable bonds is 8. The molecule has 1 aromatic heterocycles. The van der Waals surface area contributed by atoms with Crippen LogP contribution < -0.4 is 10.6 Å². The van der Waals surface area contributed by atoms with Crippen molar-refractivity contribution in [2.24, 2.45) is 0 Å². The summed E-state index contributed by atoms with van der Waals surface area (Å²) < 4.78 is 4.87. The van der Waals surface area contributed by atoms with Gasteiger partial charge >= 0.3 is 0 Å². The first-order valence-corrected chi connectivity index (χ1v) is 7.37. The maximum absolute atomic E-state index is 11.6. The van der Waals surface area contributed by atoms with Crippen LogP contribution in [-0.4, -0.2) is 42.7 Å². The van der Waals surface area contributed by atoms with Gasteiger partial charge in [0.1, 0.15) is 16.8 Å². The lowest BCUT2D eigenvalue weighted by Gasteiger charge is -2.13. The molecule has 0 spiro atoms. The molecule has 0 aliphatic heterocycles. The summed E-state index contributed by atoms with van der Waals surface area (Å²) in [5.41, 5.74) is 0.792. The third-order valence-corrected chi connectivity index (χ3v) is 3.26. The van der Waals surface area contributed by atoms with Crippen LogP contribution in [0.3, 0.4) is 0 Å². The molecule has 118 valence electrons. The fraction of sp³-hybridized carbons (Fsp3) is 0.643. The highest BCUT2D eigenvalue weighted by molar-refractivity contribution is 6.30. The number of aromatic nitrogens is 2.